The van der Waals surface area contributed by atoms with E-state index < -0.39 is 11.9 Å². The molecule has 0 radical (unpaired) electrons. The maximum atomic E-state index is 11.1. The molecule has 5 nitrogen and oxygen atoms in total. The molecule has 0 heterocycles. The van der Waals surface area contributed by atoms with Crippen molar-refractivity contribution in [1.29, 1.82) is 0 Å². The zero-order valence-electron chi connectivity index (χ0n) is 9.90. The molecule has 0 saturated heterocycles. The van der Waals surface area contributed by atoms with Gasteiger partial charge >= 0.3 is 11.9 Å². The van der Waals surface area contributed by atoms with Gasteiger partial charge in [-0.25, -0.2) is 4.79 Å². The maximum Gasteiger partial charge on any atom is 0.339 e. The predicted octanol–water partition coefficient (Wildman–Crippen LogP) is 1.27. The summed E-state index contributed by atoms with van der Waals surface area (Å²) in [7, 11) is 0. The highest BCUT2D eigenvalue weighted by Crippen LogP contribution is 2.16. The van der Waals surface area contributed by atoms with E-state index in [9.17, 15) is 9.59 Å². The highest BCUT2D eigenvalue weighted by Gasteiger charge is 2.11. The summed E-state index contributed by atoms with van der Waals surface area (Å²) in [5, 5.41) is 9.00. The minimum Gasteiger partial charge on any atom is -0.478 e. The minimum absolute atomic E-state index is 0.0474. The van der Waals surface area contributed by atoms with Crippen LogP contribution >= 0.6 is 0 Å². The van der Waals surface area contributed by atoms with Crippen molar-refractivity contribution in [3.63, 3.8) is 0 Å². The van der Waals surface area contributed by atoms with Crippen LogP contribution in [0.25, 0.3) is 0 Å². The molecule has 0 spiro atoms. The van der Waals surface area contributed by atoms with Crippen molar-refractivity contribution in [3.8, 4) is 11.8 Å². The SMILES string of the molecule is CCOC(=O)CC#Cc1cccc(N)c1C(=O)O. The zero-order chi connectivity index (χ0) is 13.5. The third kappa shape index (κ3) is 3.52. The summed E-state index contributed by atoms with van der Waals surface area (Å²) >= 11 is 0. The van der Waals surface area contributed by atoms with Crippen molar-refractivity contribution >= 4 is 17.6 Å². The Kier molecular flexibility index (Phi) is 4.76. The van der Waals surface area contributed by atoms with E-state index in [0.717, 1.165) is 0 Å². The number of esters is 1. The van der Waals surface area contributed by atoms with E-state index in [1.165, 1.54) is 12.1 Å². The van der Waals surface area contributed by atoms with E-state index in [1.54, 1.807) is 13.0 Å². The Balaban J connectivity index is 2.92. The van der Waals surface area contributed by atoms with Gasteiger partial charge in [-0.2, -0.15) is 0 Å². The van der Waals surface area contributed by atoms with E-state index >= 15 is 0 Å². The van der Waals surface area contributed by atoms with Crippen LogP contribution in [0.5, 0.6) is 0 Å². The number of hydrogen-bond donors (Lipinski definition) is 2. The molecule has 0 aliphatic rings. The lowest BCUT2D eigenvalue weighted by molar-refractivity contribution is -0.141. The Morgan fingerprint density at radius 3 is 2.78 bits per heavy atom. The first-order valence-corrected chi connectivity index (χ1v) is 5.32. The van der Waals surface area contributed by atoms with E-state index in [1.807, 2.05) is 0 Å². The lowest BCUT2D eigenvalue weighted by atomic mass is 10.1. The Labute approximate surface area is 105 Å². The largest absolute Gasteiger partial charge is 0.478 e. The molecule has 0 bridgehead atoms. The molecule has 0 unspecified atom stereocenters. The number of carboxylic acids is 1. The van der Waals surface area contributed by atoms with Crippen LogP contribution in [0.1, 0.15) is 29.3 Å². The topological polar surface area (TPSA) is 89.6 Å². The standard InChI is InChI=1S/C13H13NO4/c1-2-18-11(15)8-4-6-9-5-3-7-10(14)12(9)13(16)17/h3,5,7H,2,8,14H2,1H3,(H,16,17). The fourth-order valence-corrected chi connectivity index (χ4v) is 1.34. The lowest BCUT2D eigenvalue weighted by Crippen LogP contribution is -2.05. The summed E-state index contributed by atoms with van der Waals surface area (Å²) in [4.78, 5) is 22.1. The van der Waals surface area contributed by atoms with Crippen molar-refractivity contribution in [1.82, 2.24) is 0 Å². The van der Waals surface area contributed by atoms with E-state index in [4.69, 9.17) is 15.6 Å². The summed E-state index contributed by atoms with van der Waals surface area (Å²) in [6.07, 6.45) is -0.0816. The number of aromatic carboxylic acids is 1. The number of carbonyl (C=O) groups is 2. The fraction of sp³-hybridized carbons (Fsp3) is 0.231. The zero-order valence-corrected chi connectivity index (χ0v) is 9.90. The number of rotatable bonds is 3. The number of anilines is 1. The van der Waals surface area contributed by atoms with Crippen molar-refractivity contribution in [2.45, 2.75) is 13.3 Å². The number of nitrogen functional groups attached to an aromatic ring is 1. The van der Waals surface area contributed by atoms with Crippen molar-refractivity contribution < 1.29 is 19.4 Å². The second kappa shape index (κ2) is 6.30. The highest BCUT2D eigenvalue weighted by molar-refractivity contribution is 5.96. The van der Waals surface area contributed by atoms with Crippen molar-refractivity contribution in [2.24, 2.45) is 0 Å². The molecular weight excluding hydrogens is 234 g/mol. The van der Waals surface area contributed by atoms with Gasteiger partial charge in [0.1, 0.15) is 6.42 Å². The molecule has 94 valence electrons. The van der Waals surface area contributed by atoms with Crippen LogP contribution in [0.15, 0.2) is 18.2 Å². The Morgan fingerprint density at radius 2 is 2.17 bits per heavy atom. The van der Waals surface area contributed by atoms with Crippen LogP contribution in [0.2, 0.25) is 0 Å². The average molecular weight is 247 g/mol. The monoisotopic (exact) mass is 247 g/mol. The molecule has 1 aromatic rings. The predicted molar refractivity (Wildman–Crippen MR) is 65.9 cm³/mol. The van der Waals surface area contributed by atoms with Gasteiger partial charge in [0.2, 0.25) is 0 Å². The van der Waals surface area contributed by atoms with Crippen LogP contribution in [0.4, 0.5) is 5.69 Å². The van der Waals surface area contributed by atoms with Gasteiger partial charge in [-0.15, -0.1) is 0 Å². The molecule has 0 atom stereocenters. The number of benzene rings is 1. The van der Waals surface area contributed by atoms with Gasteiger partial charge in [0.15, 0.2) is 0 Å². The van der Waals surface area contributed by atoms with Crippen LogP contribution in [-0.4, -0.2) is 23.7 Å². The molecule has 1 rings (SSSR count). The Bertz CT molecular complexity index is 526. The van der Waals surface area contributed by atoms with E-state index in [0.29, 0.717) is 6.61 Å². The molecule has 18 heavy (non-hydrogen) atoms. The first kappa shape index (κ1) is 13.6. The van der Waals surface area contributed by atoms with Gasteiger partial charge in [-0.1, -0.05) is 17.9 Å². The van der Waals surface area contributed by atoms with Gasteiger partial charge in [0.25, 0.3) is 0 Å². The number of hydrogen-bond acceptors (Lipinski definition) is 4. The van der Waals surface area contributed by atoms with Gasteiger partial charge in [0.05, 0.1) is 12.2 Å². The quantitative estimate of drug-likeness (QED) is 0.477. The highest BCUT2D eigenvalue weighted by atomic mass is 16.5. The van der Waals surface area contributed by atoms with Gasteiger partial charge in [-0.05, 0) is 19.1 Å². The molecule has 3 N–H and O–H groups in total. The van der Waals surface area contributed by atoms with Gasteiger partial charge in [0, 0.05) is 11.3 Å². The number of ether oxygens (including phenoxy) is 1. The van der Waals surface area contributed by atoms with Crippen LogP contribution in [-0.2, 0) is 9.53 Å². The Hall–Kier alpha value is -2.48. The molecule has 1 aromatic carbocycles. The molecule has 0 aliphatic carbocycles. The first-order chi connectivity index (χ1) is 8.56. The fourth-order valence-electron chi connectivity index (χ4n) is 1.34. The second-order valence-electron chi connectivity index (χ2n) is 3.36. The molecule has 5 heteroatoms. The van der Waals surface area contributed by atoms with Crippen LogP contribution in [0, 0.1) is 11.8 Å². The molecular formula is C13H13NO4. The van der Waals surface area contributed by atoms with Crippen molar-refractivity contribution in [2.75, 3.05) is 12.3 Å². The molecule has 0 aromatic heterocycles. The van der Waals surface area contributed by atoms with Crippen LogP contribution in [0.3, 0.4) is 0 Å². The van der Waals surface area contributed by atoms with Gasteiger partial charge < -0.3 is 15.6 Å². The molecule has 0 fully saturated rings. The summed E-state index contributed by atoms with van der Waals surface area (Å²) in [6.45, 7) is 1.99. The third-order valence-electron chi connectivity index (χ3n) is 2.07. The number of carbonyl (C=O) groups excluding carboxylic acids is 1. The summed E-state index contributed by atoms with van der Waals surface area (Å²) in [5.41, 5.74) is 5.94. The Morgan fingerprint density at radius 1 is 1.44 bits per heavy atom. The second-order valence-corrected chi connectivity index (χ2v) is 3.36. The maximum absolute atomic E-state index is 11.1. The summed E-state index contributed by atoms with van der Waals surface area (Å²) < 4.78 is 4.70. The minimum atomic E-state index is -1.14. The summed E-state index contributed by atoms with van der Waals surface area (Å²) in [5.74, 6) is 3.59. The normalized spacial score (nSPS) is 9.17. The smallest absolute Gasteiger partial charge is 0.339 e. The number of nitrogens with two attached hydrogens (primary N) is 1. The van der Waals surface area contributed by atoms with Gasteiger partial charge in [-0.3, -0.25) is 4.79 Å². The first-order valence-electron chi connectivity index (χ1n) is 5.32. The molecule has 0 amide bonds. The third-order valence-corrected chi connectivity index (χ3v) is 2.07. The van der Waals surface area contributed by atoms with E-state index in [2.05, 4.69) is 11.8 Å². The summed E-state index contributed by atoms with van der Waals surface area (Å²) in [6, 6.07) is 4.63. The average Bonchev–Trinajstić information content (AvgIpc) is 2.28. The van der Waals surface area contributed by atoms with E-state index in [-0.39, 0.29) is 23.2 Å². The van der Waals surface area contributed by atoms with Crippen LogP contribution < -0.4 is 5.73 Å². The lowest BCUT2D eigenvalue weighted by Gasteiger charge is -2.02. The molecule has 0 aliphatic heterocycles. The van der Waals surface area contributed by atoms with Crippen molar-refractivity contribution in [3.05, 3.63) is 29.3 Å². The molecule has 0 saturated carbocycles. The number of carboxylic acid groups (broad SMARTS) is 1.